The SMILES string of the molecule is CCCCCC1CCC(c2ccc(C#CC(=O)O)cc2)CC1. The highest BCUT2D eigenvalue weighted by Crippen LogP contribution is 2.37. The Bertz CT molecular complexity index is 525. The zero-order valence-electron chi connectivity index (χ0n) is 13.5. The number of unbranched alkanes of at least 4 members (excludes halogenated alkanes) is 2. The molecule has 0 spiro atoms. The molecule has 118 valence electrons. The third kappa shape index (κ3) is 5.22. The van der Waals surface area contributed by atoms with Gasteiger partial charge in [-0.05, 0) is 55.2 Å². The second-order valence-corrected chi connectivity index (χ2v) is 6.39. The molecule has 1 aromatic carbocycles. The maximum absolute atomic E-state index is 10.4. The van der Waals surface area contributed by atoms with Crippen molar-refractivity contribution >= 4 is 5.97 Å². The summed E-state index contributed by atoms with van der Waals surface area (Å²) in [5.41, 5.74) is 2.16. The molecular formula is C20H26O2. The largest absolute Gasteiger partial charge is 0.472 e. The molecule has 0 aromatic heterocycles. The van der Waals surface area contributed by atoms with Crippen molar-refractivity contribution in [3.05, 3.63) is 35.4 Å². The summed E-state index contributed by atoms with van der Waals surface area (Å²) in [6.45, 7) is 2.27. The van der Waals surface area contributed by atoms with Gasteiger partial charge in [0.05, 0.1) is 0 Å². The summed E-state index contributed by atoms with van der Waals surface area (Å²) < 4.78 is 0. The van der Waals surface area contributed by atoms with Gasteiger partial charge in [-0.25, -0.2) is 4.79 Å². The molecule has 22 heavy (non-hydrogen) atoms. The number of benzene rings is 1. The van der Waals surface area contributed by atoms with Gasteiger partial charge >= 0.3 is 5.97 Å². The van der Waals surface area contributed by atoms with E-state index in [2.05, 4.69) is 30.9 Å². The van der Waals surface area contributed by atoms with Gasteiger partial charge in [-0.2, -0.15) is 0 Å². The van der Waals surface area contributed by atoms with Gasteiger partial charge in [0.25, 0.3) is 0 Å². The monoisotopic (exact) mass is 298 g/mol. The van der Waals surface area contributed by atoms with Gasteiger partial charge in [0.15, 0.2) is 0 Å². The van der Waals surface area contributed by atoms with E-state index < -0.39 is 5.97 Å². The van der Waals surface area contributed by atoms with Crippen molar-refractivity contribution < 1.29 is 9.90 Å². The molecule has 0 bridgehead atoms. The van der Waals surface area contributed by atoms with Crippen molar-refractivity contribution in [2.75, 3.05) is 0 Å². The number of rotatable bonds is 5. The normalized spacial score (nSPS) is 21.0. The summed E-state index contributed by atoms with van der Waals surface area (Å²) in [7, 11) is 0. The van der Waals surface area contributed by atoms with Crippen LogP contribution >= 0.6 is 0 Å². The standard InChI is InChI=1S/C20H26O2/c1-2-3-4-5-16-6-11-18(12-7-16)19-13-8-17(9-14-19)10-15-20(21)22/h8-9,13-14,16,18H,2-7,11-12H2,1H3,(H,21,22). The lowest BCUT2D eigenvalue weighted by molar-refractivity contribution is -0.130. The van der Waals surface area contributed by atoms with Crippen molar-refractivity contribution in [1.82, 2.24) is 0 Å². The maximum atomic E-state index is 10.4. The van der Waals surface area contributed by atoms with Crippen LogP contribution in [0.15, 0.2) is 24.3 Å². The number of carboxylic acids is 1. The molecule has 1 aliphatic rings. The van der Waals surface area contributed by atoms with Crippen LogP contribution in [0.3, 0.4) is 0 Å². The lowest BCUT2D eigenvalue weighted by Crippen LogP contribution is -2.13. The molecule has 0 atom stereocenters. The van der Waals surface area contributed by atoms with Crippen LogP contribution in [0.25, 0.3) is 0 Å². The maximum Gasteiger partial charge on any atom is 0.382 e. The average Bonchev–Trinajstić information content (AvgIpc) is 2.54. The molecule has 2 rings (SSSR count). The Kier molecular flexibility index (Phi) is 6.52. The smallest absolute Gasteiger partial charge is 0.382 e. The first-order chi connectivity index (χ1) is 10.7. The first kappa shape index (κ1) is 16.6. The summed E-state index contributed by atoms with van der Waals surface area (Å²) in [4.78, 5) is 10.4. The van der Waals surface area contributed by atoms with Crippen molar-refractivity contribution in [2.45, 2.75) is 64.2 Å². The molecule has 0 amide bonds. The molecule has 2 nitrogen and oxygen atoms in total. The highest BCUT2D eigenvalue weighted by molar-refractivity contribution is 5.87. The molecule has 0 heterocycles. The molecule has 2 heteroatoms. The van der Waals surface area contributed by atoms with E-state index in [1.165, 1.54) is 56.9 Å². The molecule has 0 radical (unpaired) electrons. The molecule has 1 aliphatic carbocycles. The third-order valence-electron chi connectivity index (χ3n) is 4.76. The number of carboxylic acid groups (broad SMARTS) is 1. The van der Waals surface area contributed by atoms with Crippen molar-refractivity contribution in [1.29, 1.82) is 0 Å². The van der Waals surface area contributed by atoms with Crippen LogP contribution in [-0.4, -0.2) is 11.1 Å². The van der Waals surface area contributed by atoms with E-state index in [-0.39, 0.29) is 0 Å². The third-order valence-corrected chi connectivity index (χ3v) is 4.76. The second-order valence-electron chi connectivity index (χ2n) is 6.39. The predicted octanol–water partition coefficient (Wildman–Crippen LogP) is 4.98. The molecule has 0 aliphatic heterocycles. The first-order valence-corrected chi connectivity index (χ1v) is 8.54. The minimum Gasteiger partial charge on any atom is -0.472 e. The summed E-state index contributed by atoms with van der Waals surface area (Å²) >= 11 is 0. The van der Waals surface area contributed by atoms with Crippen LogP contribution in [0, 0.1) is 17.8 Å². The molecule has 0 saturated heterocycles. The van der Waals surface area contributed by atoms with Crippen LogP contribution in [0.2, 0.25) is 0 Å². The van der Waals surface area contributed by atoms with Gasteiger partial charge in [-0.3, -0.25) is 0 Å². The highest BCUT2D eigenvalue weighted by atomic mass is 16.4. The van der Waals surface area contributed by atoms with Crippen LogP contribution in [-0.2, 0) is 4.79 Å². The van der Waals surface area contributed by atoms with Crippen LogP contribution < -0.4 is 0 Å². The topological polar surface area (TPSA) is 37.3 Å². The van der Waals surface area contributed by atoms with Crippen molar-refractivity contribution in [2.24, 2.45) is 5.92 Å². The average molecular weight is 298 g/mol. The van der Waals surface area contributed by atoms with Gasteiger partial charge in [0.1, 0.15) is 0 Å². The van der Waals surface area contributed by atoms with Gasteiger partial charge < -0.3 is 5.11 Å². The molecular weight excluding hydrogens is 272 g/mol. The summed E-state index contributed by atoms with van der Waals surface area (Å²) in [6.07, 6.45) is 10.8. The fraction of sp³-hybridized carbons (Fsp3) is 0.550. The van der Waals surface area contributed by atoms with E-state index in [4.69, 9.17) is 5.11 Å². The Labute approximate surface area is 133 Å². The highest BCUT2D eigenvalue weighted by Gasteiger charge is 2.21. The number of hydrogen-bond donors (Lipinski definition) is 1. The van der Waals surface area contributed by atoms with Gasteiger partial charge in [0, 0.05) is 11.5 Å². The fourth-order valence-electron chi connectivity index (χ4n) is 3.43. The Balaban J connectivity index is 1.84. The number of carbonyl (C=O) groups is 1. The molecule has 1 aromatic rings. The quantitative estimate of drug-likeness (QED) is 0.615. The molecule has 1 fully saturated rings. The van der Waals surface area contributed by atoms with E-state index in [9.17, 15) is 4.79 Å². The Morgan fingerprint density at radius 1 is 1.14 bits per heavy atom. The molecule has 1 N–H and O–H groups in total. The van der Waals surface area contributed by atoms with Crippen LogP contribution in [0.4, 0.5) is 0 Å². The second kappa shape index (κ2) is 8.63. The lowest BCUT2D eigenvalue weighted by atomic mass is 9.77. The summed E-state index contributed by atoms with van der Waals surface area (Å²) in [5, 5.41) is 8.56. The van der Waals surface area contributed by atoms with E-state index in [0.29, 0.717) is 5.92 Å². The van der Waals surface area contributed by atoms with Gasteiger partial charge in [-0.15, -0.1) is 0 Å². The Morgan fingerprint density at radius 2 is 1.82 bits per heavy atom. The number of aliphatic carboxylic acids is 1. The molecule has 1 saturated carbocycles. The minimum atomic E-state index is -1.08. The van der Waals surface area contributed by atoms with Crippen LogP contribution in [0.5, 0.6) is 0 Å². The zero-order chi connectivity index (χ0) is 15.8. The minimum absolute atomic E-state index is 0.670. The zero-order valence-corrected chi connectivity index (χ0v) is 13.5. The van der Waals surface area contributed by atoms with E-state index >= 15 is 0 Å². The lowest BCUT2D eigenvalue weighted by Gasteiger charge is -2.29. The fourth-order valence-corrected chi connectivity index (χ4v) is 3.43. The molecule has 0 unspecified atom stereocenters. The van der Waals surface area contributed by atoms with Crippen LogP contribution in [0.1, 0.15) is 75.3 Å². The van der Waals surface area contributed by atoms with E-state index in [1.807, 2.05) is 12.1 Å². The summed E-state index contributed by atoms with van der Waals surface area (Å²) in [6, 6.07) is 8.12. The Morgan fingerprint density at radius 3 is 2.41 bits per heavy atom. The summed E-state index contributed by atoms with van der Waals surface area (Å²) in [5.74, 6) is 5.34. The van der Waals surface area contributed by atoms with E-state index in [1.54, 1.807) is 0 Å². The van der Waals surface area contributed by atoms with Gasteiger partial charge in [-0.1, -0.05) is 50.7 Å². The predicted molar refractivity (Wildman–Crippen MR) is 89.8 cm³/mol. The number of hydrogen-bond acceptors (Lipinski definition) is 1. The first-order valence-electron chi connectivity index (χ1n) is 8.54. The van der Waals surface area contributed by atoms with Gasteiger partial charge in [0.2, 0.25) is 0 Å². The van der Waals surface area contributed by atoms with Crippen molar-refractivity contribution in [3.8, 4) is 11.8 Å². The van der Waals surface area contributed by atoms with Crippen molar-refractivity contribution in [3.63, 3.8) is 0 Å². The van der Waals surface area contributed by atoms with E-state index in [0.717, 1.165) is 11.5 Å². The Hall–Kier alpha value is -1.75.